The lowest BCUT2D eigenvalue weighted by Gasteiger charge is -2.19. The lowest BCUT2D eigenvalue weighted by Crippen LogP contribution is -2.33. The zero-order valence-corrected chi connectivity index (χ0v) is 11.3. The van der Waals surface area contributed by atoms with Gasteiger partial charge >= 0.3 is 5.97 Å². The van der Waals surface area contributed by atoms with Crippen molar-refractivity contribution < 1.29 is 14.7 Å². The number of likely N-dealkylation sites (N-methyl/N-ethyl adjacent to an activating group) is 1. The fourth-order valence-corrected chi connectivity index (χ4v) is 2.18. The summed E-state index contributed by atoms with van der Waals surface area (Å²) < 4.78 is 1.67. The largest absolute Gasteiger partial charge is 0.481 e. The molecule has 0 aromatic carbocycles. The third-order valence-corrected chi connectivity index (χ3v) is 3.41. The van der Waals surface area contributed by atoms with Gasteiger partial charge in [-0.1, -0.05) is 11.8 Å². The maximum atomic E-state index is 11.9. The number of aromatic nitrogens is 2. The molecule has 0 saturated carbocycles. The first-order valence-electron chi connectivity index (χ1n) is 5.72. The Bertz CT molecular complexity index is 415. The number of imidazole rings is 1. The number of thioether (sulfide) groups is 1. The van der Waals surface area contributed by atoms with Crippen molar-refractivity contribution in [2.24, 2.45) is 0 Å². The van der Waals surface area contributed by atoms with Crippen molar-refractivity contribution in [3.05, 3.63) is 12.4 Å². The number of carboxylic acid groups (broad SMARTS) is 1. The van der Waals surface area contributed by atoms with Gasteiger partial charge in [-0.05, 0) is 13.8 Å². The van der Waals surface area contributed by atoms with Gasteiger partial charge in [-0.3, -0.25) is 9.59 Å². The van der Waals surface area contributed by atoms with Gasteiger partial charge in [0.25, 0.3) is 0 Å². The number of nitrogens with zero attached hydrogens (tertiary/aromatic N) is 3. The zero-order valence-electron chi connectivity index (χ0n) is 10.5. The molecule has 1 heterocycles. The number of carbonyl (C=O) groups excluding carboxylic acids is 1. The van der Waals surface area contributed by atoms with Crippen molar-refractivity contribution in [3.8, 4) is 0 Å². The van der Waals surface area contributed by atoms with Crippen LogP contribution < -0.4 is 0 Å². The summed E-state index contributed by atoms with van der Waals surface area (Å²) in [5.74, 6) is -0.948. The van der Waals surface area contributed by atoms with Crippen LogP contribution in [0.1, 0.15) is 13.8 Å². The summed E-state index contributed by atoms with van der Waals surface area (Å²) in [4.78, 5) is 28.2. The molecule has 0 bridgehead atoms. The molecule has 1 rings (SSSR count). The maximum Gasteiger partial charge on any atom is 0.313 e. The van der Waals surface area contributed by atoms with Gasteiger partial charge in [0.2, 0.25) is 5.91 Å². The molecule has 0 aliphatic carbocycles. The Morgan fingerprint density at radius 3 is 2.67 bits per heavy atom. The van der Waals surface area contributed by atoms with Crippen LogP contribution in [0.25, 0.3) is 0 Å². The lowest BCUT2D eigenvalue weighted by molar-refractivity contribution is -0.134. The monoisotopic (exact) mass is 271 g/mol. The highest BCUT2D eigenvalue weighted by Crippen LogP contribution is 2.15. The van der Waals surface area contributed by atoms with Crippen LogP contribution in [0.5, 0.6) is 0 Å². The van der Waals surface area contributed by atoms with Crippen LogP contribution in [-0.4, -0.2) is 50.3 Å². The number of aliphatic carboxylic acids is 1. The Hall–Kier alpha value is -1.50. The number of amides is 1. The predicted octanol–water partition coefficient (Wildman–Crippen LogP) is 0.928. The maximum absolute atomic E-state index is 11.9. The van der Waals surface area contributed by atoms with E-state index in [2.05, 4.69) is 4.98 Å². The van der Waals surface area contributed by atoms with Gasteiger partial charge < -0.3 is 14.6 Å². The fourth-order valence-electron chi connectivity index (χ4n) is 1.50. The molecule has 0 spiro atoms. The van der Waals surface area contributed by atoms with E-state index in [9.17, 15) is 9.59 Å². The molecule has 100 valence electrons. The van der Waals surface area contributed by atoms with Crippen LogP contribution in [0.15, 0.2) is 17.6 Å². The normalized spacial score (nSPS) is 10.3. The van der Waals surface area contributed by atoms with E-state index in [0.29, 0.717) is 18.2 Å². The smallest absolute Gasteiger partial charge is 0.313 e. The van der Waals surface area contributed by atoms with Gasteiger partial charge in [-0.2, -0.15) is 0 Å². The van der Waals surface area contributed by atoms with E-state index >= 15 is 0 Å². The van der Waals surface area contributed by atoms with E-state index in [1.165, 1.54) is 0 Å². The van der Waals surface area contributed by atoms with Gasteiger partial charge in [0.05, 0.1) is 5.75 Å². The van der Waals surface area contributed by atoms with Crippen LogP contribution in [0.2, 0.25) is 0 Å². The molecular formula is C11H17N3O3S. The lowest BCUT2D eigenvalue weighted by atomic mass is 10.4. The molecular weight excluding hydrogens is 254 g/mol. The fraction of sp³-hybridized carbons (Fsp3) is 0.545. The number of rotatable bonds is 7. The first-order chi connectivity index (χ1) is 8.58. The van der Waals surface area contributed by atoms with E-state index in [1.54, 1.807) is 21.9 Å². The second-order valence-corrected chi connectivity index (χ2v) is 4.53. The summed E-state index contributed by atoms with van der Waals surface area (Å²) in [6.45, 7) is 5.39. The molecule has 0 saturated heterocycles. The van der Waals surface area contributed by atoms with E-state index in [-0.39, 0.29) is 18.2 Å². The zero-order chi connectivity index (χ0) is 13.5. The minimum Gasteiger partial charge on any atom is -0.481 e. The van der Waals surface area contributed by atoms with Crippen molar-refractivity contribution in [1.29, 1.82) is 0 Å². The Morgan fingerprint density at radius 2 is 2.11 bits per heavy atom. The highest BCUT2D eigenvalue weighted by molar-refractivity contribution is 7.99. The highest BCUT2D eigenvalue weighted by Gasteiger charge is 2.13. The summed E-state index contributed by atoms with van der Waals surface area (Å²) >= 11 is 1.11. The summed E-state index contributed by atoms with van der Waals surface area (Å²) in [7, 11) is 0. The van der Waals surface area contributed by atoms with Crippen LogP contribution in [0.4, 0.5) is 0 Å². The van der Waals surface area contributed by atoms with Crippen molar-refractivity contribution >= 4 is 23.6 Å². The molecule has 0 aliphatic rings. The Morgan fingerprint density at radius 1 is 1.44 bits per heavy atom. The Labute approximate surface area is 110 Å². The molecule has 1 N–H and O–H groups in total. The molecule has 7 heteroatoms. The van der Waals surface area contributed by atoms with E-state index in [1.807, 2.05) is 13.8 Å². The van der Waals surface area contributed by atoms with Crippen LogP contribution in [0, 0.1) is 0 Å². The van der Waals surface area contributed by atoms with E-state index in [4.69, 9.17) is 5.11 Å². The molecule has 1 amide bonds. The summed E-state index contributed by atoms with van der Waals surface area (Å²) in [5, 5.41) is 9.17. The Balaban J connectivity index is 2.64. The number of hydrogen-bond acceptors (Lipinski definition) is 4. The molecule has 1 aromatic heterocycles. The molecule has 0 radical (unpaired) electrons. The van der Waals surface area contributed by atoms with Gasteiger partial charge in [-0.15, -0.1) is 0 Å². The minimum absolute atomic E-state index is 0.00942. The summed E-state index contributed by atoms with van der Waals surface area (Å²) in [5.41, 5.74) is 0. The summed E-state index contributed by atoms with van der Waals surface area (Å²) in [6.07, 6.45) is 3.26. The average Bonchev–Trinajstić information content (AvgIpc) is 2.75. The van der Waals surface area contributed by atoms with Crippen molar-refractivity contribution in [2.75, 3.05) is 18.8 Å². The average molecular weight is 271 g/mol. The van der Waals surface area contributed by atoms with Crippen LogP contribution in [-0.2, 0) is 16.1 Å². The summed E-state index contributed by atoms with van der Waals surface area (Å²) in [6, 6.07) is 0. The van der Waals surface area contributed by atoms with Gasteiger partial charge in [0, 0.05) is 25.5 Å². The molecule has 0 fully saturated rings. The third kappa shape index (κ3) is 4.06. The molecule has 6 nitrogen and oxygen atoms in total. The second kappa shape index (κ2) is 7.05. The van der Waals surface area contributed by atoms with Crippen molar-refractivity contribution in [3.63, 3.8) is 0 Å². The van der Waals surface area contributed by atoms with Gasteiger partial charge in [0.15, 0.2) is 5.16 Å². The quantitative estimate of drug-likeness (QED) is 0.747. The molecule has 1 aromatic rings. The molecule has 0 unspecified atom stereocenters. The first kappa shape index (κ1) is 14.6. The third-order valence-electron chi connectivity index (χ3n) is 2.42. The molecule has 18 heavy (non-hydrogen) atoms. The SMILES string of the molecule is CCN(CC)C(=O)Cn1ccnc1SCC(=O)O. The topological polar surface area (TPSA) is 75.4 Å². The van der Waals surface area contributed by atoms with E-state index < -0.39 is 5.97 Å². The number of carboxylic acids is 1. The highest BCUT2D eigenvalue weighted by atomic mass is 32.2. The van der Waals surface area contributed by atoms with Gasteiger partial charge in [-0.25, -0.2) is 4.98 Å². The first-order valence-corrected chi connectivity index (χ1v) is 6.70. The Kier molecular flexibility index (Phi) is 5.70. The number of hydrogen-bond donors (Lipinski definition) is 1. The van der Waals surface area contributed by atoms with Crippen LogP contribution in [0.3, 0.4) is 0 Å². The van der Waals surface area contributed by atoms with Crippen molar-refractivity contribution in [2.45, 2.75) is 25.5 Å². The van der Waals surface area contributed by atoms with Crippen LogP contribution >= 0.6 is 11.8 Å². The minimum atomic E-state index is -0.899. The van der Waals surface area contributed by atoms with Crippen molar-refractivity contribution in [1.82, 2.24) is 14.5 Å². The standard InChI is InChI=1S/C11H17N3O3S/c1-3-13(4-2)9(15)7-14-6-5-12-11(14)18-8-10(16)17/h5-6H,3-4,7-8H2,1-2H3,(H,16,17). The predicted molar refractivity (Wildman–Crippen MR) is 68.5 cm³/mol. The number of carbonyl (C=O) groups is 2. The molecule has 0 aliphatic heterocycles. The molecule has 0 atom stereocenters. The second-order valence-electron chi connectivity index (χ2n) is 3.59. The van der Waals surface area contributed by atoms with E-state index in [0.717, 1.165) is 11.8 Å². The van der Waals surface area contributed by atoms with Gasteiger partial charge in [0.1, 0.15) is 6.54 Å².